The van der Waals surface area contributed by atoms with Crippen molar-refractivity contribution in [3.05, 3.63) is 0 Å². The van der Waals surface area contributed by atoms with Crippen molar-refractivity contribution in [2.45, 2.75) is 48.4 Å². The van der Waals surface area contributed by atoms with E-state index in [1.165, 1.54) is 38.5 Å². The van der Waals surface area contributed by atoms with Gasteiger partial charge in [-0.05, 0) is 64.5 Å². The van der Waals surface area contributed by atoms with Gasteiger partial charge in [0.1, 0.15) is 0 Å². The molecule has 4 fully saturated rings. The minimum Gasteiger partial charge on any atom is -0.304 e. The van der Waals surface area contributed by atoms with Crippen molar-refractivity contribution in [1.82, 2.24) is 4.90 Å². The SMILES string of the molecule is CN(C)C12C[C@@H]3C[C@@H](CC(Br)(C3)C1)C2. The molecule has 0 aromatic rings. The molecule has 0 amide bonds. The van der Waals surface area contributed by atoms with Crippen molar-refractivity contribution in [3.8, 4) is 0 Å². The van der Waals surface area contributed by atoms with Crippen LogP contribution in [0, 0.1) is 11.8 Å². The van der Waals surface area contributed by atoms with Crippen molar-refractivity contribution < 1.29 is 0 Å². The Hall–Kier alpha value is 0.440. The van der Waals surface area contributed by atoms with Crippen molar-refractivity contribution in [3.63, 3.8) is 0 Å². The molecule has 2 heteroatoms. The van der Waals surface area contributed by atoms with Gasteiger partial charge in [-0.1, -0.05) is 15.9 Å². The van der Waals surface area contributed by atoms with Crippen molar-refractivity contribution in [2.24, 2.45) is 11.8 Å². The monoisotopic (exact) mass is 257 g/mol. The highest BCUT2D eigenvalue weighted by Crippen LogP contribution is 2.61. The summed E-state index contributed by atoms with van der Waals surface area (Å²) in [5, 5.41) is 0. The molecule has 0 aromatic heterocycles. The molecule has 4 aliphatic rings. The van der Waals surface area contributed by atoms with Gasteiger partial charge in [0.15, 0.2) is 0 Å². The molecule has 14 heavy (non-hydrogen) atoms. The van der Waals surface area contributed by atoms with E-state index in [1.807, 2.05) is 0 Å². The number of hydrogen-bond donors (Lipinski definition) is 0. The van der Waals surface area contributed by atoms with E-state index in [1.54, 1.807) is 0 Å². The average Bonchev–Trinajstić information content (AvgIpc) is 1.98. The van der Waals surface area contributed by atoms with Gasteiger partial charge >= 0.3 is 0 Å². The van der Waals surface area contributed by atoms with Gasteiger partial charge in [0.2, 0.25) is 0 Å². The first-order chi connectivity index (χ1) is 6.51. The summed E-state index contributed by atoms with van der Waals surface area (Å²) >= 11 is 4.03. The van der Waals surface area contributed by atoms with Crippen molar-refractivity contribution in [2.75, 3.05) is 14.1 Å². The lowest BCUT2D eigenvalue weighted by atomic mass is 9.52. The predicted molar refractivity (Wildman–Crippen MR) is 62.8 cm³/mol. The van der Waals surface area contributed by atoms with Crippen LogP contribution in [0.1, 0.15) is 38.5 Å². The molecule has 4 bridgehead atoms. The third-order valence-corrected chi connectivity index (χ3v) is 5.84. The molecule has 4 atom stereocenters. The summed E-state index contributed by atoms with van der Waals surface area (Å²) in [6.45, 7) is 0. The van der Waals surface area contributed by atoms with E-state index >= 15 is 0 Å². The minimum absolute atomic E-state index is 0.515. The van der Waals surface area contributed by atoms with Crippen molar-refractivity contribution in [1.29, 1.82) is 0 Å². The molecule has 2 unspecified atom stereocenters. The molecule has 0 aromatic carbocycles. The first kappa shape index (κ1) is 9.65. The van der Waals surface area contributed by atoms with E-state index in [0.29, 0.717) is 9.86 Å². The molecule has 0 radical (unpaired) electrons. The van der Waals surface area contributed by atoms with E-state index in [9.17, 15) is 0 Å². The summed E-state index contributed by atoms with van der Waals surface area (Å²) in [6.07, 6.45) is 8.72. The zero-order valence-corrected chi connectivity index (χ0v) is 10.8. The first-order valence-corrected chi connectivity index (χ1v) is 6.67. The summed E-state index contributed by atoms with van der Waals surface area (Å²) in [7, 11) is 4.56. The van der Waals surface area contributed by atoms with E-state index in [0.717, 1.165) is 11.8 Å². The van der Waals surface area contributed by atoms with Crippen LogP contribution in [0.5, 0.6) is 0 Å². The van der Waals surface area contributed by atoms with E-state index in [-0.39, 0.29) is 0 Å². The minimum atomic E-state index is 0.515. The van der Waals surface area contributed by atoms with Crippen LogP contribution in [0.3, 0.4) is 0 Å². The zero-order chi connectivity index (χ0) is 9.97. The van der Waals surface area contributed by atoms with Crippen LogP contribution in [-0.2, 0) is 0 Å². The fourth-order valence-electron chi connectivity index (χ4n) is 4.63. The molecular formula is C12H20BrN. The fraction of sp³-hybridized carbons (Fsp3) is 1.00. The van der Waals surface area contributed by atoms with Gasteiger partial charge in [-0.2, -0.15) is 0 Å². The van der Waals surface area contributed by atoms with Crippen LogP contribution >= 0.6 is 15.9 Å². The fourth-order valence-corrected chi connectivity index (χ4v) is 6.06. The molecule has 0 spiro atoms. The Balaban J connectivity index is 1.96. The predicted octanol–water partition coefficient (Wildman–Crippen LogP) is 3.03. The number of nitrogens with zero attached hydrogens (tertiary/aromatic N) is 1. The molecule has 0 aliphatic heterocycles. The third-order valence-electron chi connectivity index (χ3n) is 4.91. The highest BCUT2D eigenvalue weighted by Gasteiger charge is 2.57. The normalized spacial score (nSPS) is 55.7. The van der Waals surface area contributed by atoms with E-state index in [4.69, 9.17) is 0 Å². The summed E-state index contributed by atoms with van der Waals surface area (Å²) in [6, 6.07) is 0. The molecule has 0 N–H and O–H groups in total. The summed E-state index contributed by atoms with van der Waals surface area (Å²) in [5.74, 6) is 2.02. The van der Waals surface area contributed by atoms with Gasteiger partial charge < -0.3 is 4.90 Å². The molecular weight excluding hydrogens is 238 g/mol. The second-order valence-corrected chi connectivity index (χ2v) is 7.91. The number of rotatable bonds is 1. The van der Waals surface area contributed by atoms with Gasteiger partial charge in [0, 0.05) is 9.86 Å². The van der Waals surface area contributed by atoms with Crippen LogP contribution in [-0.4, -0.2) is 28.9 Å². The molecule has 4 rings (SSSR count). The number of alkyl halides is 1. The Bertz CT molecular complexity index is 247. The summed E-state index contributed by atoms with van der Waals surface area (Å²) in [5.41, 5.74) is 0.549. The Labute approximate surface area is 95.4 Å². The molecule has 1 nitrogen and oxygen atoms in total. The molecule has 4 saturated carbocycles. The Morgan fingerprint density at radius 3 is 2.07 bits per heavy atom. The average molecular weight is 258 g/mol. The topological polar surface area (TPSA) is 3.24 Å². The number of halogens is 1. The maximum Gasteiger partial charge on any atom is 0.0280 e. The van der Waals surface area contributed by atoms with Crippen LogP contribution < -0.4 is 0 Å². The highest BCUT2D eigenvalue weighted by molar-refractivity contribution is 9.10. The third kappa shape index (κ3) is 1.23. The van der Waals surface area contributed by atoms with Gasteiger partial charge in [-0.15, -0.1) is 0 Å². The van der Waals surface area contributed by atoms with Gasteiger partial charge in [0.05, 0.1) is 0 Å². The smallest absolute Gasteiger partial charge is 0.0280 e. The Morgan fingerprint density at radius 2 is 1.64 bits per heavy atom. The second-order valence-electron chi connectivity index (χ2n) is 6.23. The lowest BCUT2D eigenvalue weighted by molar-refractivity contribution is -0.0549. The maximum atomic E-state index is 4.03. The van der Waals surface area contributed by atoms with Crippen molar-refractivity contribution >= 4 is 15.9 Å². The standard InChI is InChI=1S/C12H20BrN/c1-14(2)12-6-9-3-10(7-12)5-11(13,4-9)8-12/h9-10H,3-8H2,1-2H3/t9-,10+,11?,12?. The van der Waals surface area contributed by atoms with Gasteiger partial charge in [-0.3, -0.25) is 0 Å². The van der Waals surface area contributed by atoms with Crippen LogP contribution in [0.25, 0.3) is 0 Å². The Morgan fingerprint density at radius 1 is 1.07 bits per heavy atom. The summed E-state index contributed by atoms with van der Waals surface area (Å²) < 4.78 is 0.515. The van der Waals surface area contributed by atoms with E-state index < -0.39 is 0 Å². The van der Waals surface area contributed by atoms with Gasteiger partial charge in [0.25, 0.3) is 0 Å². The lowest BCUT2D eigenvalue weighted by Gasteiger charge is -2.62. The van der Waals surface area contributed by atoms with Crippen LogP contribution in [0.4, 0.5) is 0 Å². The highest BCUT2D eigenvalue weighted by atomic mass is 79.9. The molecule has 4 aliphatic carbocycles. The maximum absolute atomic E-state index is 4.03. The number of hydrogen-bond acceptors (Lipinski definition) is 1. The van der Waals surface area contributed by atoms with Crippen LogP contribution in [0.15, 0.2) is 0 Å². The quantitative estimate of drug-likeness (QED) is 0.653. The largest absolute Gasteiger partial charge is 0.304 e. The second kappa shape index (κ2) is 2.76. The zero-order valence-electron chi connectivity index (χ0n) is 9.22. The van der Waals surface area contributed by atoms with Crippen LogP contribution in [0.2, 0.25) is 0 Å². The first-order valence-electron chi connectivity index (χ1n) is 5.88. The lowest BCUT2D eigenvalue weighted by Crippen LogP contribution is -2.62. The Kier molecular flexibility index (Phi) is 1.90. The molecule has 0 saturated heterocycles. The van der Waals surface area contributed by atoms with E-state index in [2.05, 4.69) is 34.9 Å². The molecule has 80 valence electrons. The van der Waals surface area contributed by atoms with Gasteiger partial charge in [-0.25, -0.2) is 0 Å². The summed E-state index contributed by atoms with van der Waals surface area (Å²) in [4.78, 5) is 2.51. The molecule has 0 heterocycles.